The molecular formula is C50H58N6O6Si. The highest BCUT2D eigenvalue weighted by molar-refractivity contribution is 6.91. The molecule has 4 aliphatic heterocycles. The topological polar surface area (TPSA) is 130 Å². The Hall–Kier alpha value is -5.63. The number of hydrogen-bond acceptors (Lipinski definition) is 8. The number of fused-ring (bicyclic) bond motifs is 2. The summed E-state index contributed by atoms with van der Waals surface area (Å²) >= 11 is 0. The average molecular weight is 867 g/mol. The van der Waals surface area contributed by atoms with Gasteiger partial charge in [-0.2, -0.15) is 0 Å². The fourth-order valence-electron chi connectivity index (χ4n) is 10.9. The van der Waals surface area contributed by atoms with E-state index in [1.54, 1.807) is 7.11 Å². The highest BCUT2D eigenvalue weighted by Crippen LogP contribution is 2.60. The van der Waals surface area contributed by atoms with Crippen molar-refractivity contribution in [3.05, 3.63) is 126 Å². The number of ether oxygens (including phenoxy) is 2. The molecular weight excluding hydrogens is 809 g/mol. The number of benzene rings is 4. The fourth-order valence-corrected chi connectivity index (χ4v) is 15.0. The Bertz CT molecular complexity index is 2460. The van der Waals surface area contributed by atoms with E-state index in [4.69, 9.17) is 9.47 Å². The molecule has 1 aromatic heterocycles. The molecule has 13 heteroatoms. The van der Waals surface area contributed by atoms with Gasteiger partial charge in [0.25, 0.3) is 5.91 Å². The zero-order chi connectivity index (χ0) is 43.9. The number of anilines is 3. The summed E-state index contributed by atoms with van der Waals surface area (Å²) < 4.78 is 14.9. The second-order valence-corrected chi connectivity index (χ2v) is 22.9. The van der Waals surface area contributed by atoms with Crippen LogP contribution >= 0.6 is 0 Å². The average Bonchev–Trinajstić information content (AvgIpc) is 3.96. The number of nitrogens with zero attached hydrogens (tertiary/aromatic N) is 6. The number of amides is 3. The Morgan fingerprint density at radius 3 is 2.17 bits per heavy atom. The molecule has 328 valence electrons. The van der Waals surface area contributed by atoms with Crippen molar-refractivity contribution in [2.75, 3.05) is 41.5 Å². The van der Waals surface area contributed by atoms with Gasteiger partial charge in [0, 0.05) is 61.5 Å². The SMILES string of the molecule is COc1ccc([Si](C)(C)[C@@H]2[C@@H](CCn3cc(C(CO)c4ccccc4)nn3)O[C@]3(C(=O)N(Cc4ccc(N5CCCCC5=O)cc4)c4ccc(N5CCCCC5=O)cc43)[C@H]2C)cc1. The number of aliphatic hydroxyl groups excluding tert-OH is 1. The maximum absolute atomic E-state index is 15.7. The molecule has 1 spiro atoms. The summed E-state index contributed by atoms with van der Waals surface area (Å²) in [5.41, 5.74) is 4.52. The van der Waals surface area contributed by atoms with Crippen LogP contribution in [0.15, 0.2) is 103 Å². The maximum atomic E-state index is 15.7. The number of rotatable bonds is 13. The van der Waals surface area contributed by atoms with Gasteiger partial charge in [0.1, 0.15) is 5.75 Å². The molecule has 12 nitrogen and oxygen atoms in total. The minimum absolute atomic E-state index is 0.0122. The van der Waals surface area contributed by atoms with Crippen molar-refractivity contribution in [3.63, 3.8) is 0 Å². The lowest BCUT2D eigenvalue weighted by Gasteiger charge is -2.37. The fraction of sp³-hybridized carbons (Fsp3) is 0.420. The molecule has 0 aliphatic carbocycles. The molecule has 4 aromatic carbocycles. The van der Waals surface area contributed by atoms with Crippen molar-refractivity contribution in [1.82, 2.24) is 15.0 Å². The lowest BCUT2D eigenvalue weighted by molar-refractivity contribution is -0.146. The van der Waals surface area contributed by atoms with E-state index in [-0.39, 0.29) is 47.8 Å². The lowest BCUT2D eigenvalue weighted by atomic mass is 9.82. The molecule has 3 fully saturated rings. The summed E-state index contributed by atoms with van der Waals surface area (Å²) in [4.78, 5) is 47.4. The van der Waals surface area contributed by atoms with Crippen molar-refractivity contribution in [3.8, 4) is 5.75 Å². The predicted octanol–water partition coefficient (Wildman–Crippen LogP) is 7.30. The molecule has 3 saturated heterocycles. The van der Waals surface area contributed by atoms with Gasteiger partial charge in [-0.25, -0.2) is 0 Å². The van der Waals surface area contributed by atoms with Gasteiger partial charge in [0.15, 0.2) is 5.60 Å². The van der Waals surface area contributed by atoms with Crippen LogP contribution in [0.4, 0.5) is 17.1 Å². The number of methoxy groups -OCH3 is 1. The van der Waals surface area contributed by atoms with Crippen LogP contribution in [0.2, 0.25) is 18.6 Å². The second kappa shape index (κ2) is 17.5. The largest absolute Gasteiger partial charge is 0.497 e. The monoisotopic (exact) mass is 866 g/mol. The molecule has 1 N–H and O–H groups in total. The number of aromatic nitrogens is 3. The van der Waals surface area contributed by atoms with Crippen LogP contribution in [-0.4, -0.2) is 78.8 Å². The maximum Gasteiger partial charge on any atom is 0.264 e. The number of aliphatic hydroxyl groups is 1. The van der Waals surface area contributed by atoms with Gasteiger partial charge in [-0.3, -0.25) is 19.1 Å². The highest BCUT2D eigenvalue weighted by Gasteiger charge is 2.66. The minimum Gasteiger partial charge on any atom is -0.497 e. The normalized spacial score (nSPS) is 23.2. The van der Waals surface area contributed by atoms with Gasteiger partial charge in [-0.1, -0.05) is 85.0 Å². The Kier molecular flexibility index (Phi) is 11.8. The van der Waals surface area contributed by atoms with E-state index in [1.165, 1.54) is 5.19 Å². The van der Waals surface area contributed by atoms with Gasteiger partial charge in [-0.05, 0) is 91.2 Å². The standard InChI is InChI=1S/C50H58N6O6Si/c1-34-48(63(3,4)40-23-21-39(61-2)22-24-40)45(26-29-53-32-43(51-52-53)41(33-57)36-12-6-5-7-13-36)62-50(34)42-30-38(55-28-11-9-15-47(55)59)20-25-44(42)56(49(50)60)31-35-16-18-37(19-17-35)54-27-10-8-14-46(54)58/h5-7,12-13,16-25,30,32,34,41,45,48,57H,8-11,14-15,26-29,31,33H2,1-4H3/t34-,41?,45+,48-,50+/m0/s1. The van der Waals surface area contributed by atoms with Crippen LogP contribution in [0.5, 0.6) is 5.75 Å². The first-order valence-corrected chi connectivity index (χ1v) is 25.7. The first kappa shape index (κ1) is 42.7. The third-order valence-electron chi connectivity index (χ3n) is 14.3. The molecule has 3 amide bonds. The summed E-state index contributed by atoms with van der Waals surface area (Å²) in [6.45, 7) is 9.01. The zero-order valence-electron chi connectivity index (χ0n) is 36.8. The highest BCUT2D eigenvalue weighted by atomic mass is 28.3. The van der Waals surface area contributed by atoms with Gasteiger partial charge in [0.2, 0.25) is 11.8 Å². The summed E-state index contributed by atoms with van der Waals surface area (Å²) in [7, 11) is -0.788. The minimum atomic E-state index is -2.46. The quantitative estimate of drug-likeness (QED) is 0.122. The molecule has 63 heavy (non-hydrogen) atoms. The van der Waals surface area contributed by atoms with E-state index < -0.39 is 13.7 Å². The molecule has 0 bridgehead atoms. The van der Waals surface area contributed by atoms with Crippen molar-refractivity contribution in [2.45, 2.75) is 101 Å². The Morgan fingerprint density at radius 1 is 0.857 bits per heavy atom. The van der Waals surface area contributed by atoms with Crippen LogP contribution in [0.1, 0.15) is 80.2 Å². The van der Waals surface area contributed by atoms with Crippen LogP contribution in [0, 0.1) is 5.92 Å². The molecule has 5 atom stereocenters. The van der Waals surface area contributed by atoms with E-state index >= 15 is 4.79 Å². The summed E-state index contributed by atoms with van der Waals surface area (Å²) in [5, 5.41) is 20.7. The van der Waals surface area contributed by atoms with Gasteiger partial charge >= 0.3 is 0 Å². The van der Waals surface area contributed by atoms with Crippen molar-refractivity contribution >= 4 is 48.0 Å². The van der Waals surface area contributed by atoms with Gasteiger partial charge in [0.05, 0.1) is 51.7 Å². The second-order valence-electron chi connectivity index (χ2n) is 18.3. The Morgan fingerprint density at radius 2 is 1.52 bits per heavy atom. The predicted molar refractivity (Wildman–Crippen MR) is 246 cm³/mol. The number of piperidine rings is 2. The summed E-state index contributed by atoms with van der Waals surface area (Å²) in [6, 6.07) is 32.3. The third-order valence-corrected chi connectivity index (χ3v) is 18.7. The zero-order valence-corrected chi connectivity index (χ0v) is 37.8. The number of aryl methyl sites for hydroxylation is 1. The van der Waals surface area contributed by atoms with E-state index in [2.05, 4.69) is 48.5 Å². The van der Waals surface area contributed by atoms with E-state index in [0.29, 0.717) is 51.1 Å². The molecule has 5 heterocycles. The van der Waals surface area contributed by atoms with Crippen molar-refractivity contribution in [1.29, 1.82) is 0 Å². The van der Waals surface area contributed by atoms with Crippen LogP contribution < -0.4 is 24.6 Å². The number of carbonyl (C=O) groups excluding carboxylic acids is 3. The van der Waals surface area contributed by atoms with Crippen LogP contribution in [0.3, 0.4) is 0 Å². The lowest BCUT2D eigenvalue weighted by Crippen LogP contribution is -2.51. The van der Waals surface area contributed by atoms with Crippen molar-refractivity contribution < 1.29 is 29.0 Å². The van der Waals surface area contributed by atoms with E-state index in [1.807, 2.05) is 104 Å². The number of carbonyl (C=O) groups is 3. The molecule has 0 saturated carbocycles. The molecule has 4 aliphatic rings. The first-order chi connectivity index (χ1) is 30.5. The Balaban J connectivity index is 1.09. The van der Waals surface area contributed by atoms with Crippen LogP contribution in [0.25, 0.3) is 0 Å². The summed E-state index contributed by atoms with van der Waals surface area (Å²) in [5.74, 6) is 0.374. The Labute approximate surface area is 370 Å². The van der Waals surface area contributed by atoms with Crippen LogP contribution in [-0.2, 0) is 37.8 Å². The smallest absolute Gasteiger partial charge is 0.264 e. The van der Waals surface area contributed by atoms with Crippen molar-refractivity contribution in [2.24, 2.45) is 5.92 Å². The third kappa shape index (κ3) is 7.78. The molecule has 0 radical (unpaired) electrons. The summed E-state index contributed by atoms with van der Waals surface area (Å²) in [6.07, 6.45) is 6.90. The van der Waals surface area contributed by atoms with Gasteiger partial charge in [-0.15, -0.1) is 5.10 Å². The molecule has 9 rings (SSSR count). The molecule has 5 aromatic rings. The first-order valence-electron chi connectivity index (χ1n) is 22.6. The van der Waals surface area contributed by atoms with Gasteiger partial charge < -0.3 is 29.3 Å². The number of hydrogen-bond donors (Lipinski definition) is 1. The molecule has 1 unspecified atom stereocenters. The van der Waals surface area contributed by atoms with E-state index in [9.17, 15) is 14.7 Å². The van der Waals surface area contributed by atoms with E-state index in [0.717, 1.165) is 65.2 Å².